The number of hydrogen-bond acceptors (Lipinski definition) is 4. The van der Waals surface area contributed by atoms with Crippen LogP contribution in [0.2, 0.25) is 0 Å². The SMILES string of the molecule is CS(=O)(=O)c1ccc(F)c(S(=O)(=O)NC2CCCC2Cl)c1. The van der Waals surface area contributed by atoms with Gasteiger partial charge in [0.1, 0.15) is 10.7 Å². The summed E-state index contributed by atoms with van der Waals surface area (Å²) in [4.78, 5) is -0.931. The molecule has 0 heterocycles. The molecule has 0 aromatic heterocycles. The minimum absolute atomic E-state index is 0.252. The molecule has 1 N–H and O–H groups in total. The predicted octanol–water partition coefficient (Wildman–Crippen LogP) is 1.67. The first-order valence-corrected chi connectivity index (χ1v) is 10.1. The molecule has 2 atom stereocenters. The molecule has 1 aliphatic rings. The Morgan fingerprint density at radius 1 is 1.24 bits per heavy atom. The number of benzene rings is 1. The van der Waals surface area contributed by atoms with Crippen LogP contribution in [0.15, 0.2) is 28.0 Å². The average molecular weight is 356 g/mol. The van der Waals surface area contributed by atoms with Gasteiger partial charge in [0.05, 0.1) is 4.90 Å². The van der Waals surface area contributed by atoms with E-state index in [0.29, 0.717) is 12.8 Å². The van der Waals surface area contributed by atoms with E-state index in [9.17, 15) is 21.2 Å². The second-order valence-electron chi connectivity index (χ2n) is 5.04. The molecule has 1 aromatic rings. The van der Waals surface area contributed by atoms with Gasteiger partial charge in [0, 0.05) is 17.7 Å². The zero-order valence-electron chi connectivity index (χ0n) is 11.2. The second kappa shape index (κ2) is 5.83. The van der Waals surface area contributed by atoms with E-state index < -0.39 is 36.6 Å². The smallest absolute Gasteiger partial charge is 0.224 e. The minimum atomic E-state index is -4.16. The predicted molar refractivity (Wildman–Crippen MR) is 77.1 cm³/mol. The van der Waals surface area contributed by atoms with Crippen LogP contribution in [0.1, 0.15) is 19.3 Å². The normalized spacial score (nSPS) is 23.4. The molecule has 0 aliphatic heterocycles. The third kappa shape index (κ3) is 3.74. The van der Waals surface area contributed by atoms with Crippen molar-refractivity contribution in [3.8, 4) is 0 Å². The van der Waals surface area contributed by atoms with E-state index in [1.54, 1.807) is 0 Å². The molecule has 21 heavy (non-hydrogen) atoms. The number of nitrogens with one attached hydrogen (secondary N) is 1. The van der Waals surface area contributed by atoms with Crippen molar-refractivity contribution in [1.82, 2.24) is 4.72 Å². The fourth-order valence-electron chi connectivity index (χ4n) is 2.23. The van der Waals surface area contributed by atoms with Crippen LogP contribution >= 0.6 is 11.6 Å². The van der Waals surface area contributed by atoms with Gasteiger partial charge in [0.2, 0.25) is 10.0 Å². The molecule has 5 nitrogen and oxygen atoms in total. The van der Waals surface area contributed by atoms with Crippen LogP contribution in [-0.2, 0) is 19.9 Å². The fourth-order valence-corrected chi connectivity index (χ4v) is 4.78. The maximum absolute atomic E-state index is 13.8. The molecular weight excluding hydrogens is 341 g/mol. The Hall–Kier alpha value is -0.700. The van der Waals surface area contributed by atoms with Crippen LogP contribution in [0.3, 0.4) is 0 Å². The lowest BCUT2D eigenvalue weighted by Gasteiger charge is -2.16. The van der Waals surface area contributed by atoms with Crippen molar-refractivity contribution in [2.45, 2.75) is 40.5 Å². The molecule has 2 unspecified atom stereocenters. The standard InChI is InChI=1S/C12H15ClFNO4S2/c1-20(16,17)8-5-6-10(14)12(7-8)21(18,19)15-11-4-2-3-9(11)13/h5-7,9,11,15H,2-4H2,1H3. The van der Waals surface area contributed by atoms with E-state index >= 15 is 0 Å². The second-order valence-corrected chi connectivity index (χ2v) is 9.30. The zero-order chi connectivity index (χ0) is 15.8. The van der Waals surface area contributed by atoms with Gasteiger partial charge in [-0.1, -0.05) is 6.42 Å². The third-order valence-corrected chi connectivity index (χ3v) is 6.50. The van der Waals surface area contributed by atoms with Gasteiger partial charge >= 0.3 is 0 Å². The van der Waals surface area contributed by atoms with Crippen molar-refractivity contribution in [3.05, 3.63) is 24.0 Å². The monoisotopic (exact) mass is 355 g/mol. The number of sulfonamides is 1. The molecule has 1 saturated carbocycles. The van der Waals surface area contributed by atoms with Crippen LogP contribution in [0.4, 0.5) is 4.39 Å². The Morgan fingerprint density at radius 2 is 1.90 bits per heavy atom. The highest BCUT2D eigenvalue weighted by Crippen LogP contribution is 2.27. The summed E-state index contributed by atoms with van der Waals surface area (Å²) in [7, 11) is -7.79. The molecule has 0 radical (unpaired) electrons. The Morgan fingerprint density at radius 3 is 2.43 bits per heavy atom. The minimum Gasteiger partial charge on any atom is -0.224 e. The number of sulfone groups is 1. The molecule has 1 aromatic carbocycles. The van der Waals surface area contributed by atoms with Gasteiger partial charge in [-0.3, -0.25) is 0 Å². The van der Waals surface area contributed by atoms with Crippen LogP contribution in [0.5, 0.6) is 0 Å². The van der Waals surface area contributed by atoms with Crippen LogP contribution in [-0.4, -0.2) is 34.5 Å². The van der Waals surface area contributed by atoms with Gasteiger partial charge in [-0.2, -0.15) is 0 Å². The van der Waals surface area contributed by atoms with E-state index in [2.05, 4.69) is 4.72 Å². The molecular formula is C12H15ClFNO4S2. The molecule has 0 spiro atoms. The largest absolute Gasteiger partial charge is 0.243 e. The molecule has 2 rings (SSSR count). The van der Waals surface area contributed by atoms with Crippen molar-refractivity contribution < 1.29 is 21.2 Å². The highest BCUT2D eigenvalue weighted by atomic mass is 35.5. The van der Waals surface area contributed by atoms with Gasteiger partial charge in [0.15, 0.2) is 9.84 Å². The van der Waals surface area contributed by atoms with E-state index in [1.165, 1.54) is 0 Å². The molecule has 118 valence electrons. The Balaban J connectivity index is 2.40. The lowest BCUT2D eigenvalue weighted by atomic mass is 10.3. The number of rotatable bonds is 4. The van der Waals surface area contributed by atoms with Gasteiger partial charge in [-0.05, 0) is 31.0 Å². The van der Waals surface area contributed by atoms with Crippen molar-refractivity contribution in [2.24, 2.45) is 0 Å². The number of alkyl halides is 1. The van der Waals surface area contributed by atoms with E-state index in [0.717, 1.165) is 30.9 Å². The first-order valence-electron chi connectivity index (χ1n) is 6.27. The summed E-state index contributed by atoms with van der Waals surface area (Å²) in [5.41, 5.74) is 0. The van der Waals surface area contributed by atoms with Gasteiger partial charge in [0.25, 0.3) is 0 Å². The Bertz CT molecular complexity index is 749. The van der Waals surface area contributed by atoms with Crippen molar-refractivity contribution in [1.29, 1.82) is 0 Å². The highest BCUT2D eigenvalue weighted by Gasteiger charge is 2.31. The topological polar surface area (TPSA) is 80.3 Å². The summed E-state index contributed by atoms with van der Waals surface area (Å²) in [6, 6.07) is 2.21. The molecule has 0 amide bonds. The number of halogens is 2. The summed E-state index contributed by atoms with van der Waals surface area (Å²) < 4.78 is 63.5. The first kappa shape index (κ1) is 16.7. The zero-order valence-corrected chi connectivity index (χ0v) is 13.6. The molecule has 0 bridgehead atoms. The Kier molecular flexibility index (Phi) is 4.63. The van der Waals surface area contributed by atoms with E-state index in [4.69, 9.17) is 11.6 Å². The van der Waals surface area contributed by atoms with Crippen molar-refractivity contribution in [3.63, 3.8) is 0 Å². The average Bonchev–Trinajstić information content (AvgIpc) is 2.73. The molecule has 0 saturated heterocycles. The highest BCUT2D eigenvalue weighted by molar-refractivity contribution is 7.91. The molecule has 9 heteroatoms. The third-order valence-electron chi connectivity index (χ3n) is 3.36. The quantitative estimate of drug-likeness (QED) is 0.658. The van der Waals surface area contributed by atoms with E-state index in [-0.39, 0.29) is 10.3 Å². The number of hydrogen-bond donors (Lipinski definition) is 1. The summed E-state index contributed by atoms with van der Waals surface area (Å²) in [6.45, 7) is 0. The van der Waals surface area contributed by atoms with Gasteiger partial charge < -0.3 is 0 Å². The molecule has 1 fully saturated rings. The summed E-state index contributed by atoms with van der Waals surface area (Å²) in [5.74, 6) is -1.00. The van der Waals surface area contributed by atoms with Crippen LogP contribution < -0.4 is 4.72 Å². The summed E-state index contributed by atoms with van der Waals surface area (Å²) >= 11 is 6.00. The van der Waals surface area contributed by atoms with Gasteiger partial charge in [-0.15, -0.1) is 11.6 Å². The summed E-state index contributed by atoms with van der Waals surface area (Å²) in [5, 5.41) is -0.346. The van der Waals surface area contributed by atoms with Crippen molar-refractivity contribution >= 4 is 31.5 Å². The fraction of sp³-hybridized carbons (Fsp3) is 0.500. The van der Waals surface area contributed by atoms with Gasteiger partial charge in [-0.25, -0.2) is 25.9 Å². The van der Waals surface area contributed by atoms with E-state index in [1.807, 2.05) is 0 Å². The lowest BCUT2D eigenvalue weighted by molar-refractivity contribution is 0.537. The Labute approximate surface area is 128 Å². The molecule has 1 aliphatic carbocycles. The summed E-state index contributed by atoms with van der Waals surface area (Å²) in [6.07, 6.45) is 2.96. The maximum atomic E-state index is 13.8. The maximum Gasteiger partial charge on any atom is 0.243 e. The lowest BCUT2D eigenvalue weighted by Crippen LogP contribution is -2.38. The van der Waals surface area contributed by atoms with Crippen molar-refractivity contribution in [2.75, 3.05) is 6.26 Å². The van der Waals surface area contributed by atoms with Crippen LogP contribution in [0.25, 0.3) is 0 Å². The first-order chi connectivity index (χ1) is 9.61. The van der Waals surface area contributed by atoms with Crippen LogP contribution in [0, 0.1) is 5.82 Å².